The van der Waals surface area contributed by atoms with Gasteiger partial charge in [-0.05, 0) is 60.0 Å². The van der Waals surface area contributed by atoms with Gasteiger partial charge < -0.3 is 15.7 Å². The van der Waals surface area contributed by atoms with E-state index in [2.05, 4.69) is 10.6 Å². The molecule has 3 N–H and O–H groups in total. The SMILES string of the molecule is Cc1c(C(=O)Nc2ccc(Cl)cc2)sc2c1[C@@H](c1cccc(O)c1)CC(=O)N2. The number of phenols is 1. The van der Waals surface area contributed by atoms with Gasteiger partial charge in [-0.2, -0.15) is 0 Å². The molecule has 0 bridgehead atoms. The summed E-state index contributed by atoms with van der Waals surface area (Å²) in [4.78, 5) is 25.6. The lowest BCUT2D eigenvalue weighted by Crippen LogP contribution is -2.22. The van der Waals surface area contributed by atoms with Gasteiger partial charge in [0.25, 0.3) is 5.91 Å². The van der Waals surface area contributed by atoms with Crippen molar-refractivity contribution < 1.29 is 14.7 Å². The number of hydrogen-bond donors (Lipinski definition) is 3. The van der Waals surface area contributed by atoms with Gasteiger partial charge in [-0.3, -0.25) is 9.59 Å². The molecule has 0 fully saturated rings. The van der Waals surface area contributed by atoms with Gasteiger partial charge >= 0.3 is 0 Å². The quantitative estimate of drug-likeness (QED) is 0.557. The van der Waals surface area contributed by atoms with Crippen molar-refractivity contribution in [2.45, 2.75) is 19.3 Å². The maximum Gasteiger partial charge on any atom is 0.266 e. The summed E-state index contributed by atoms with van der Waals surface area (Å²) < 4.78 is 0. The van der Waals surface area contributed by atoms with Gasteiger partial charge in [0.15, 0.2) is 0 Å². The molecule has 3 aromatic rings. The molecule has 0 unspecified atom stereocenters. The van der Waals surface area contributed by atoms with Crippen molar-refractivity contribution in [2.24, 2.45) is 0 Å². The summed E-state index contributed by atoms with van der Waals surface area (Å²) in [5, 5.41) is 16.9. The van der Waals surface area contributed by atoms with Crippen LogP contribution in [0.1, 0.15) is 38.7 Å². The molecule has 142 valence electrons. The number of benzene rings is 2. The molecule has 1 aliphatic rings. The van der Waals surface area contributed by atoms with Crippen LogP contribution in [0.25, 0.3) is 0 Å². The normalized spacial score (nSPS) is 15.6. The molecular formula is C21H17ClN2O3S. The standard InChI is InChI=1S/C21H17ClN2O3S/c1-11-18-16(12-3-2-4-15(25)9-12)10-17(26)24-21(18)28-19(11)20(27)23-14-7-5-13(22)6-8-14/h2-9,16,25H,10H2,1H3,(H,23,27)(H,24,26)/t16-/m1/s1. The van der Waals surface area contributed by atoms with Crippen LogP contribution in [0, 0.1) is 6.92 Å². The minimum Gasteiger partial charge on any atom is -0.508 e. The third kappa shape index (κ3) is 3.48. The van der Waals surface area contributed by atoms with Crippen LogP contribution < -0.4 is 10.6 Å². The van der Waals surface area contributed by atoms with Crippen molar-refractivity contribution in [1.82, 2.24) is 0 Å². The molecule has 28 heavy (non-hydrogen) atoms. The third-order valence-electron chi connectivity index (χ3n) is 4.77. The summed E-state index contributed by atoms with van der Waals surface area (Å²) in [5.74, 6) is -0.391. The summed E-state index contributed by atoms with van der Waals surface area (Å²) >= 11 is 7.16. The van der Waals surface area contributed by atoms with Gasteiger partial charge in [0.05, 0.1) is 9.88 Å². The summed E-state index contributed by atoms with van der Waals surface area (Å²) in [5.41, 5.74) is 3.26. The molecule has 2 heterocycles. The third-order valence-corrected chi connectivity index (χ3v) is 6.24. The van der Waals surface area contributed by atoms with E-state index < -0.39 is 0 Å². The number of aromatic hydroxyl groups is 1. The molecular weight excluding hydrogens is 396 g/mol. The van der Waals surface area contributed by atoms with E-state index in [1.807, 2.05) is 13.0 Å². The maximum absolute atomic E-state index is 12.8. The lowest BCUT2D eigenvalue weighted by Gasteiger charge is -2.24. The monoisotopic (exact) mass is 412 g/mol. The summed E-state index contributed by atoms with van der Waals surface area (Å²) in [6.45, 7) is 1.89. The van der Waals surface area contributed by atoms with Crippen molar-refractivity contribution in [3.63, 3.8) is 0 Å². The van der Waals surface area contributed by atoms with Crippen LogP contribution in [0.4, 0.5) is 10.7 Å². The Balaban J connectivity index is 1.70. The van der Waals surface area contributed by atoms with Crippen LogP contribution in [-0.2, 0) is 4.79 Å². The summed E-state index contributed by atoms with van der Waals surface area (Å²) in [7, 11) is 0. The van der Waals surface area contributed by atoms with Crippen LogP contribution in [0.3, 0.4) is 0 Å². The maximum atomic E-state index is 12.8. The molecule has 0 saturated heterocycles. The Morgan fingerprint density at radius 3 is 2.71 bits per heavy atom. The highest BCUT2D eigenvalue weighted by atomic mass is 35.5. The molecule has 2 aromatic carbocycles. The van der Waals surface area contributed by atoms with E-state index in [4.69, 9.17) is 11.6 Å². The van der Waals surface area contributed by atoms with Crippen LogP contribution >= 0.6 is 22.9 Å². The van der Waals surface area contributed by atoms with Crippen LogP contribution in [0.5, 0.6) is 5.75 Å². The van der Waals surface area contributed by atoms with Gasteiger partial charge in [-0.1, -0.05) is 23.7 Å². The number of hydrogen-bond acceptors (Lipinski definition) is 4. The molecule has 0 radical (unpaired) electrons. The Hall–Kier alpha value is -2.83. The number of amides is 2. The number of carbonyl (C=O) groups is 2. The smallest absolute Gasteiger partial charge is 0.266 e. The lowest BCUT2D eigenvalue weighted by molar-refractivity contribution is -0.116. The summed E-state index contributed by atoms with van der Waals surface area (Å²) in [6.07, 6.45) is 0.270. The zero-order valence-electron chi connectivity index (χ0n) is 15.0. The number of halogens is 1. The van der Waals surface area contributed by atoms with Crippen molar-refractivity contribution in [3.8, 4) is 5.75 Å². The number of thiophene rings is 1. The fourth-order valence-corrected chi connectivity index (χ4v) is 4.77. The van der Waals surface area contributed by atoms with Gasteiger partial charge in [0.2, 0.25) is 5.91 Å². The Bertz CT molecular complexity index is 1080. The molecule has 0 aliphatic carbocycles. The predicted molar refractivity (Wildman–Crippen MR) is 112 cm³/mol. The Kier molecular flexibility index (Phi) is 4.83. The van der Waals surface area contributed by atoms with Crippen LogP contribution in [-0.4, -0.2) is 16.9 Å². The van der Waals surface area contributed by atoms with E-state index in [1.54, 1.807) is 42.5 Å². The second kappa shape index (κ2) is 7.30. The second-order valence-electron chi connectivity index (χ2n) is 6.66. The van der Waals surface area contributed by atoms with Gasteiger partial charge in [-0.25, -0.2) is 0 Å². The largest absolute Gasteiger partial charge is 0.508 e. The molecule has 1 aromatic heterocycles. The van der Waals surface area contributed by atoms with E-state index >= 15 is 0 Å². The highest BCUT2D eigenvalue weighted by Crippen LogP contribution is 2.45. The highest BCUT2D eigenvalue weighted by Gasteiger charge is 2.33. The molecule has 5 nitrogen and oxygen atoms in total. The number of anilines is 2. The molecule has 0 saturated carbocycles. The molecule has 1 atom stereocenters. The van der Waals surface area contributed by atoms with Crippen LogP contribution in [0.15, 0.2) is 48.5 Å². The number of carbonyl (C=O) groups excluding carboxylic acids is 2. The van der Waals surface area contributed by atoms with E-state index in [1.165, 1.54) is 11.3 Å². The van der Waals surface area contributed by atoms with Crippen LogP contribution in [0.2, 0.25) is 5.02 Å². The molecule has 2 amide bonds. The first-order valence-electron chi connectivity index (χ1n) is 8.71. The molecule has 7 heteroatoms. The minimum atomic E-state index is -0.233. The molecule has 1 aliphatic heterocycles. The zero-order valence-corrected chi connectivity index (χ0v) is 16.5. The zero-order chi connectivity index (χ0) is 19.8. The first-order chi connectivity index (χ1) is 13.4. The fraction of sp³-hybridized carbons (Fsp3) is 0.143. The lowest BCUT2D eigenvalue weighted by atomic mass is 9.85. The van der Waals surface area contributed by atoms with E-state index in [9.17, 15) is 14.7 Å². The van der Waals surface area contributed by atoms with E-state index in [-0.39, 0.29) is 29.9 Å². The average molecular weight is 413 g/mol. The second-order valence-corrected chi connectivity index (χ2v) is 8.12. The van der Waals surface area contributed by atoms with E-state index in [0.29, 0.717) is 20.6 Å². The van der Waals surface area contributed by atoms with Crippen molar-refractivity contribution in [1.29, 1.82) is 0 Å². The molecule has 4 rings (SSSR count). The van der Waals surface area contributed by atoms with Gasteiger partial charge in [0.1, 0.15) is 5.75 Å². The van der Waals surface area contributed by atoms with Gasteiger partial charge in [0, 0.05) is 23.0 Å². The predicted octanol–water partition coefficient (Wildman–Crippen LogP) is 5.14. The number of rotatable bonds is 3. The van der Waals surface area contributed by atoms with Crippen molar-refractivity contribution in [3.05, 3.63) is 75.1 Å². The fourth-order valence-electron chi connectivity index (χ4n) is 3.47. The topological polar surface area (TPSA) is 78.4 Å². The Morgan fingerprint density at radius 1 is 1.25 bits per heavy atom. The molecule has 0 spiro atoms. The van der Waals surface area contributed by atoms with Gasteiger partial charge in [-0.15, -0.1) is 11.3 Å². The first kappa shape index (κ1) is 18.5. The summed E-state index contributed by atoms with van der Waals surface area (Å²) in [6, 6.07) is 13.8. The highest BCUT2D eigenvalue weighted by molar-refractivity contribution is 7.18. The minimum absolute atomic E-state index is 0.105. The van der Waals surface area contributed by atoms with E-state index in [0.717, 1.165) is 16.7 Å². The van der Waals surface area contributed by atoms with Crippen molar-refractivity contribution >= 4 is 45.4 Å². The van der Waals surface area contributed by atoms with Crippen molar-refractivity contribution in [2.75, 3.05) is 10.6 Å². The average Bonchev–Trinajstić information content (AvgIpc) is 2.99. The number of phenolic OH excluding ortho intramolecular Hbond substituents is 1. The number of nitrogens with one attached hydrogen (secondary N) is 2. The Labute approximate surface area is 171 Å². The Morgan fingerprint density at radius 2 is 2.00 bits per heavy atom. The first-order valence-corrected chi connectivity index (χ1v) is 9.91. The number of fused-ring (bicyclic) bond motifs is 1.